The van der Waals surface area contributed by atoms with E-state index in [0.29, 0.717) is 12.8 Å². The maximum Gasteiger partial charge on any atom is 0.269 e. The van der Waals surface area contributed by atoms with Crippen molar-refractivity contribution in [2.75, 3.05) is 0 Å². The predicted molar refractivity (Wildman–Crippen MR) is 79.3 cm³/mol. The molecular formula is C12H14N4O4S. The zero-order chi connectivity index (χ0) is 15.8. The van der Waals surface area contributed by atoms with E-state index in [-0.39, 0.29) is 22.3 Å². The number of nitrogens with zero attached hydrogens (tertiary/aromatic N) is 1. The average molecular weight is 310 g/mol. The molecule has 0 aliphatic rings. The predicted octanol–water partition coefficient (Wildman–Crippen LogP) is 1.03. The van der Waals surface area contributed by atoms with Gasteiger partial charge in [0.25, 0.3) is 11.6 Å². The lowest BCUT2D eigenvalue weighted by Crippen LogP contribution is -2.48. The van der Waals surface area contributed by atoms with Gasteiger partial charge in [0.1, 0.15) is 0 Å². The maximum absolute atomic E-state index is 11.8. The normalized spacial score (nSPS) is 9.57. The molecule has 0 saturated carbocycles. The molecule has 2 amide bonds. The molecule has 0 unspecified atom stereocenters. The minimum atomic E-state index is -0.558. The first-order valence-corrected chi connectivity index (χ1v) is 6.49. The summed E-state index contributed by atoms with van der Waals surface area (Å²) in [5, 5.41) is 12.8. The lowest BCUT2D eigenvalue weighted by Gasteiger charge is -2.10. The van der Waals surface area contributed by atoms with Crippen molar-refractivity contribution in [1.82, 2.24) is 16.2 Å². The molecule has 1 aromatic rings. The van der Waals surface area contributed by atoms with Crippen LogP contribution in [0.15, 0.2) is 24.3 Å². The molecule has 8 nitrogen and oxygen atoms in total. The van der Waals surface area contributed by atoms with Crippen molar-refractivity contribution in [2.24, 2.45) is 0 Å². The fourth-order valence-electron chi connectivity index (χ4n) is 1.36. The molecular weight excluding hydrogens is 296 g/mol. The number of thiocarbonyl (C=S) groups is 1. The zero-order valence-electron chi connectivity index (χ0n) is 11.2. The molecule has 9 heteroatoms. The van der Waals surface area contributed by atoms with Crippen molar-refractivity contribution in [3.05, 3.63) is 39.9 Å². The SMILES string of the molecule is CCCC(=O)NNC(=S)NC(=O)c1ccc([N+](=O)[O-])cc1. The van der Waals surface area contributed by atoms with Crippen LogP contribution in [0.5, 0.6) is 0 Å². The Bertz CT molecular complexity index is 559. The van der Waals surface area contributed by atoms with E-state index in [1.807, 2.05) is 6.92 Å². The third kappa shape index (κ3) is 5.53. The van der Waals surface area contributed by atoms with Crippen molar-refractivity contribution >= 4 is 34.8 Å². The molecule has 0 aromatic heterocycles. The number of amides is 2. The first-order chi connectivity index (χ1) is 9.93. The number of hydrazine groups is 1. The van der Waals surface area contributed by atoms with Crippen LogP contribution >= 0.6 is 12.2 Å². The second-order valence-corrected chi connectivity index (χ2v) is 4.42. The van der Waals surface area contributed by atoms with E-state index in [1.165, 1.54) is 24.3 Å². The number of nitro groups is 1. The maximum atomic E-state index is 11.8. The van der Waals surface area contributed by atoms with Crippen LogP contribution in [0.1, 0.15) is 30.1 Å². The fourth-order valence-corrected chi connectivity index (χ4v) is 1.50. The number of carbonyl (C=O) groups is 2. The van der Waals surface area contributed by atoms with E-state index in [0.717, 1.165) is 0 Å². The van der Waals surface area contributed by atoms with Crippen molar-refractivity contribution in [1.29, 1.82) is 0 Å². The van der Waals surface area contributed by atoms with Gasteiger partial charge in [0.15, 0.2) is 5.11 Å². The number of hydrogen-bond donors (Lipinski definition) is 3. The molecule has 3 N–H and O–H groups in total. The Morgan fingerprint density at radius 2 is 1.86 bits per heavy atom. The van der Waals surface area contributed by atoms with Crippen LogP contribution < -0.4 is 16.2 Å². The second-order valence-electron chi connectivity index (χ2n) is 4.01. The number of non-ortho nitro benzene ring substituents is 1. The molecule has 0 spiro atoms. The van der Waals surface area contributed by atoms with Gasteiger partial charge in [0.05, 0.1) is 4.92 Å². The Balaban J connectivity index is 2.50. The first-order valence-electron chi connectivity index (χ1n) is 6.08. The minimum Gasteiger partial charge on any atom is -0.298 e. The van der Waals surface area contributed by atoms with Crippen molar-refractivity contribution < 1.29 is 14.5 Å². The monoisotopic (exact) mass is 310 g/mol. The first kappa shape index (κ1) is 16.5. The summed E-state index contributed by atoms with van der Waals surface area (Å²) < 4.78 is 0. The number of rotatable bonds is 4. The lowest BCUT2D eigenvalue weighted by atomic mass is 10.2. The van der Waals surface area contributed by atoms with Gasteiger partial charge in [-0.1, -0.05) is 6.92 Å². The van der Waals surface area contributed by atoms with Crippen LogP contribution in [0.3, 0.4) is 0 Å². The average Bonchev–Trinajstić information content (AvgIpc) is 2.45. The van der Waals surface area contributed by atoms with E-state index in [2.05, 4.69) is 16.2 Å². The largest absolute Gasteiger partial charge is 0.298 e. The molecule has 0 aliphatic carbocycles. The molecule has 21 heavy (non-hydrogen) atoms. The highest BCUT2D eigenvalue weighted by Gasteiger charge is 2.11. The Labute approximate surface area is 126 Å². The van der Waals surface area contributed by atoms with E-state index >= 15 is 0 Å². The molecule has 0 heterocycles. The topological polar surface area (TPSA) is 113 Å². The fraction of sp³-hybridized carbons (Fsp3) is 0.250. The van der Waals surface area contributed by atoms with E-state index in [9.17, 15) is 19.7 Å². The summed E-state index contributed by atoms with van der Waals surface area (Å²) in [5.74, 6) is -0.781. The summed E-state index contributed by atoms with van der Waals surface area (Å²) >= 11 is 4.83. The second kappa shape index (κ2) is 7.90. The van der Waals surface area contributed by atoms with E-state index in [4.69, 9.17) is 12.2 Å². The van der Waals surface area contributed by atoms with Gasteiger partial charge in [-0.25, -0.2) is 0 Å². The zero-order valence-corrected chi connectivity index (χ0v) is 12.0. The number of nitrogens with one attached hydrogen (secondary N) is 3. The molecule has 112 valence electrons. The molecule has 1 aromatic carbocycles. The number of carbonyl (C=O) groups excluding carboxylic acids is 2. The number of hydrogen-bond acceptors (Lipinski definition) is 5. The molecule has 1 rings (SSSR count). The standard InChI is InChI=1S/C12H14N4O4S/c1-2-3-10(17)14-15-12(21)13-11(18)8-4-6-9(7-5-8)16(19)20/h4-7H,2-3H2,1H3,(H,14,17)(H2,13,15,18,21). The van der Waals surface area contributed by atoms with Gasteiger partial charge in [0, 0.05) is 24.1 Å². The van der Waals surface area contributed by atoms with Crippen LogP contribution in [0.25, 0.3) is 0 Å². The van der Waals surface area contributed by atoms with Gasteiger partial charge in [-0.3, -0.25) is 35.9 Å². The molecule has 0 saturated heterocycles. The Hall–Kier alpha value is -2.55. The molecule has 0 bridgehead atoms. The van der Waals surface area contributed by atoms with Crippen LogP contribution in [0.2, 0.25) is 0 Å². The van der Waals surface area contributed by atoms with Gasteiger partial charge in [-0.05, 0) is 30.8 Å². The van der Waals surface area contributed by atoms with Gasteiger partial charge in [0.2, 0.25) is 5.91 Å². The van der Waals surface area contributed by atoms with Gasteiger partial charge in [-0.2, -0.15) is 0 Å². The summed E-state index contributed by atoms with van der Waals surface area (Å²) in [6.45, 7) is 1.86. The van der Waals surface area contributed by atoms with Gasteiger partial charge < -0.3 is 0 Å². The van der Waals surface area contributed by atoms with E-state index < -0.39 is 10.8 Å². The molecule has 0 fully saturated rings. The summed E-state index contributed by atoms with van der Waals surface area (Å²) in [5.41, 5.74) is 4.82. The van der Waals surface area contributed by atoms with Crippen LogP contribution in [0.4, 0.5) is 5.69 Å². The Kier molecular flexibility index (Phi) is 6.21. The van der Waals surface area contributed by atoms with Crippen LogP contribution in [0, 0.1) is 10.1 Å². The number of nitro benzene ring substituents is 1. The Morgan fingerprint density at radius 3 is 2.38 bits per heavy atom. The summed E-state index contributed by atoms with van der Waals surface area (Å²) in [4.78, 5) is 32.9. The third-order valence-corrected chi connectivity index (χ3v) is 2.56. The third-order valence-electron chi connectivity index (χ3n) is 2.36. The lowest BCUT2D eigenvalue weighted by molar-refractivity contribution is -0.384. The van der Waals surface area contributed by atoms with Crippen molar-refractivity contribution in [3.8, 4) is 0 Å². The minimum absolute atomic E-state index is 0.0668. The molecule has 0 atom stereocenters. The van der Waals surface area contributed by atoms with Gasteiger partial charge in [-0.15, -0.1) is 0 Å². The molecule has 0 aliphatic heterocycles. The highest BCUT2D eigenvalue weighted by molar-refractivity contribution is 7.80. The quantitative estimate of drug-likeness (QED) is 0.435. The van der Waals surface area contributed by atoms with Gasteiger partial charge >= 0.3 is 0 Å². The summed E-state index contributed by atoms with van der Waals surface area (Å²) in [6, 6.07) is 5.06. The molecule has 0 radical (unpaired) electrons. The smallest absolute Gasteiger partial charge is 0.269 e. The Morgan fingerprint density at radius 1 is 1.24 bits per heavy atom. The van der Waals surface area contributed by atoms with Crippen LogP contribution in [-0.4, -0.2) is 21.9 Å². The van der Waals surface area contributed by atoms with E-state index in [1.54, 1.807) is 0 Å². The van der Waals surface area contributed by atoms with Crippen LogP contribution in [-0.2, 0) is 4.79 Å². The highest BCUT2D eigenvalue weighted by atomic mass is 32.1. The number of benzene rings is 1. The van der Waals surface area contributed by atoms with Crippen molar-refractivity contribution in [2.45, 2.75) is 19.8 Å². The highest BCUT2D eigenvalue weighted by Crippen LogP contribution is 2.11. The van der Waals surface area contributed by atoms with Crippen molar-refractivity contribution in [3.63, 3.8) is 0 Å². The summed E-state index contributed by atoms with van der Waals surface area (Å²) in [6.07, 6.45) is 1.03. The summed E-state index contributed by atoms with van der Waals surface area (Å²) in [7, 11) is 0.